The molecule has 176 valence electrons. The molecular weight excluding hydrogens is 428 g/mol. The van der Waals surface area contributed by atoms with Crippen molar-refractivity contribution in [2.24, 2.45) is 5.92 Å². The molecule has 1 aromatic carbocycles. The van der Waals surface area contributed by atoms with Gasteiger partial charge in [-0.05, 0) is 55.2 Å². The molecule has 0 N–H and O–H groups in total. The fraction of sp³-hybridized carbons (Fsp3) is 0.385. The van der Waals surface area contributed by atoms with E-state index in [2.05, 4.69) is 31.7 Å². The van der Waals surface area contributed by atoms with Crippen LogP contribution in [-0.2, 0) is 0 Å². The van der Waals surface area contributed by atoms with Gasteiger partial charge in [-0.1, -0.05) is 13.0 Å². The Morgan fingerprint density at radius 3 is 2.26 bits per heavy atom. The zero-order chi connectivity index (χ0) is 23.3. The van der Waals surface area contributed by atoms with Crippen LogP contribution in [0.3, 0.4) is 0 Å². The number of nitrogens with zero attached hydrogens (tertiary/aromatic N) is 6. The lowest BCUT2D eigenvalue weighted by atomic mass is 9.99. The summed E-state index contributed by atoms with van der Waals surface area (Å²) in [6, 6.07) is 13.2. The molecule has 1 amide bonds. The van der Waals surface area contributed by atoms with E-state index in [4.69, 9.17) is 4.74 Å². The molecule has 34 heavy (non-hydrogen) atoms. The van der Waals surface area contributed by atoms with Crippen molar-refractivity contribution in [1.29, 1.82) is 0 Å². The van der Waals surface area contributed by atoms with Crippen LogP contribution in [0.1, 0.15) is 30.1 Å². The summed E-state index contributed by atoms with van der Waals surface area (Å²) in [6.07, 6.45) is 7.43. The van der Waals surface area contributed by atoms with Crippen molar-refractivity contribution in [2.75, 3.05) is 49.1 Å². The minimum atomic E-state index is 0.0369. The smallest absolute Gasteiger partial charge is 0.263 e. The summed E-state index contributed by atoms with van der Waals surface area (Å²) in [5.41, 5.74) is 0.656. The fourth-order valence-electron chi connectivity index (χ4n) is 4.47. The summed E-state index contributed by atoms with van der Waals surface area (Å²) in [5.74, 6) is 3.65. The van der Waals surface area contributed by atoms with E-state index in [0.29, 0.717) is 30.3 Å². The first-order valence-electron chi connectivity index (χ1n) is 12.0. The Balaban J connectivity index is 1.21. The first kappa shape index (κ1) is 22.1. The molecule has 2 aromatic heterocycles. The molecule has 0 spiro atoms. The molecule has 0 saturated carbocycles. The average molecular weight is 459 g/mol. The molecule has 2 aliphatic rings. The van der Waals surface area contributed by atoms with Gasteiger partial charge in [-0.2, -0.15) is 0 Å². The van der Waals surface area contributed by atoms with Crippen molar-refractivity contribution in [2.45, 2.75) is 19.8 Å². The lowest BCUT2D eigenvalue weighted by Crippen LogP contribution is -2.49. The number of amides is 1. The van der Waals surface area contributed by atoms with E-state index in [1.165, 1.54) is 0 Å². The molecule has 2 aliphatic heterocycles. The molecule has 0 aliphatic carbocycles. The standard InChI is InChI=1S/C26H30N6O2/c1-20-9-14-31(15-10-20)24-25(29-13-12-28-24)34-22-7-5-21(6-8-22)26(33)32-18-16-30(17-19-32)23-4-2-3-11-27-23/h2-8,11-13,20H,9-10,14-19H2,1H3. The van der Waals surface area contributed by atoms with Gasteiger partial charge in [-0.15, -0.1) is 0 Å². The average Bonchev–Trinajstić information content (AvgIpc) is 2.90. The Bertz CT molecular complexity index is 1090. The predicted molar refractivity (Wildman–Crippen MR) is 132 cm³/mol. The largest absolute Gasteiger partial charge is 0.436 e. The number of ether oxygens (including phenoxy) is 1. The van der Waals surface area contributed by atoms with E-state index in [0.717, 1.165) is 56.6 Å². The molecule has 0 atom stereocenters. The summed E-state index contributed by atoms with van der Waals surface area (Å²) >= 11 is 0. The van der Waals surface area contributed by atoms with Crippen LogP contribution >= 0.6 is 0 Å². The molecule has 8 nitrogen and oxygen atoms in total. The highest BCUT2D eigenvalue weighted by Crippen LogP contribution is 2.31. The van der Waals surface area contributed by atoms with E-state index >= 15 is 0 Å². The highest BCUT2D eigenvalue weighted by atomic mass is 16.5. The van der Waals surface area contributed by atoms with Gasteiger partial charge in [0.05, 0.1) is 0 Å². The van der Waals surface area contributed by atoms with Gasteiger partial charge in [0, 0.05) is 63.4 Å². The van der Waals surface area contributed by atoms with Crippen molar-refractivity contribution in [1.82, 2.24) is 19.9 Å². The van der Waals surface area contributed by atoms with Gasteiger partial charge in [0.2, 0.25) is 0 Å². The Kier molecular flexibility index (Phi) is 6.56. The van der Waals surface area contributed by atoms with Gasteiger partial charge in [0.1, 0.15) is 11.6 Å². The van der Waals surface area contributed by atoms with Crippen LogP contribution in [0.25, 0.3) is 0 Å². The minimum Gasteiger partial charge on any atom is -0.436 e. The molecule has 0 unspecified atom stereocenters. The SMILES string of the molecule is CC1CCN(c2nccnc2Oc2ccc(C(=O)N3CCN(c4ccccn4)CC3)cc2)CC1. The fourth-order valence-corrected chi connectivity index (χ4v) is 4.47. The molecular formula is C26H30N6O2. The van der Waals surface area contributed by atoms with E-state index in [9.17, 15) is 4.79 Å². The number of carbonyl (C=O) groups excluding carboxylic acids is 1. The number of rotatable bonds is 5. The highest BCUT2D eigenvalue weighted by molar-refractivity contribution is 5.94. The summed E-state index contributed by atoms with van der Waals surface area (Å²) < 4.78 is 6.08. The van der Waals surface area contributed by atoms with Crippen molar-refractivity contribution < 1.29 is 9.53 Å². The number of carbonyl (C=O) groups is 1. The molecule has 0 bridgehead atoms. The number of piperazine rings is 1. The van der Waals surface area contributed by atoms with Crippen molar-refractivity contribution in [3.05, 3.63) is 66.6 Å². The first-order valence-corrected chi connectivity index (χ1v) is 12.0. The third-order valence-electron chi connectivity index (χ3n) is 6.59. The lowest BCUT2D eigenvalue weighted by molar-refractivity contribution is 0.0746. The zero-order valence-corrected chi connectivity index (χ0v) is 19.5. The Morgan fingerprint density at radius 1 is 0.824 bits per heavy atom. The Hall–Kier alpha value is -3.68. The minimum absolute atomic E-state index is 0.0369. The van der Waals surface area contributed by atoms with Gasteiger partial charge >= 0.3 is 0 Å². The summed E-state index contributed by atoms with van der Waals surface area (Å²) in [5, 5.41) is 0. The molecule has 8 heteroatoms. The van der Waals surface area contributed by atoms with E-state index < -0.39 is 0 Å². The number of benzene rings is 1. The van der Waals surface area contributed by atoms with E-state index in [1.54, 1.807) is 18.6 Å². The molecule has 4 heterocycles. The second kappa shape index (κ2) is 10.1. The summed E-state index contributed by atoms with van der Waals surface area (Å²) in [7, 11) is 0. The Morgan fingerprint density at radius 2 is 1.56 bits per heavy atom. The number of hydrogen-bond acceptors (Lipinski definition) is 7. The molecule has 3 aromatic rings. The van der Waals surface area contributed by atoms with Gasteiger partial charge in [0.25, 0.3) is 11.8 Å². The maximum atomic E-state index is 13.0. The lowest BCUT2D eigenvalue weighted by Gasteiger charge is -2.35. The van der Waals surface area contributed by atoms with Crippen LogP contribution in [-0.4, -0.2) is 65.0 Å². The van der Waals surface area contributed by atoms with E-state index in [-0.39, 0.29) is 5.91 Å². The number of aromatic nitrogens is 3. The second-order valence-electron chi connectivity index (χ2n) is 8.95. The van der Waals surface area contributed by atoms with E-state index in [1.807, 2.05) is 47.4 Å². The van der Waals surface area contributed by atoms with Crippen molar-refractivity contribution in [3.8, 4) is 11.6 Å². The molecule has 2 fully saturated rings. The monoisotopic (exact) mass is 458 g/mol. The van der Waals surface area contributed by atoms with Crippen LogP contribution in [0.15, 0.2) is 61.1 Å². The second-order valence-corrected chi connectivity index (χ2v) is 8.95. The van der Waals surface area contributed by atoms with Crippen molar-refractivity contribution in [3.63, 3.8) is 0 Å². The number of hydrogen-bond donors (Lipinski definition) is 0. The topological polar surface area (TPSA) is 74.7 Å². The van der Waals surface area contributed by atoms with Crippen LogP contribution in [0, 0.1) is 5.92 Å². The van der Waals surface area contributed by atoms with Crippen LogP contribution in [0.5, 0.6) is 11.6 Å². The zero-order valence-electron chi connectivity index (χ0n) is 19.5. The predicted octanol–water partition coefficient (Wildman–Crippen LogP) is 3.86. The van der Waals surface area contributed by atoms with Gasteiger partial charge < -0.3 is 19.4 Å². The quantitative estimate of drug-likeness (QED) is 0.575. The van der Waals surface area contributed by atoms with Crippen molar-refractivity contribution >= 4 is 17.5 Å². The number of piperidine rings is 1. The van der Waals surface area contributed by atoms with Crippen LogP contribution in [0.2, 0.25) is 0 Å². The number of pyridine rings is 1. The third-order valence-corrected chi connectivity index (χ3v) is 6.59. The van der Waals surface area contributed by atoms with Crippen LogP contribution in [0.4, 0.5) is 11.6 Å². The maximum absolute atomic E-state index is 13.0. The highest BCUT2D eigenvalue weighted by Gasteiger charge is 2.24. The molecule has 0 radical (unpaired) electrons. The summed E-state index contributed by atoms with van der Waals surface area (Å²) in [6.45, 7) is 7.09. The Labute approximate surface area is 200 Å². The normalized spacial score (nSPS) is 17.0. The van der Waals surface area contributed by atoms with Gasteiger partial charge in [-0.25, -0.2) is 15.0 Å². The van der Waals surface area contributed by atoms with Crippen LogP contribution < -0.4 is 14.5 Å². The number of anilines is 2. The molecule has 5 rings (SSSR count). The van der Waals surface area contributed by atoms with Gasteiger partial charge in [0.15, 0.2) is 5.82 Å². The summed E-state index contributed by atoms with van der Waals surface area (Å²) in [4.78, 5) is 32.7. The third kappa shape index (κ3) is 4.95. The van der Waals surface area contributed by atoms with Gasteiger partial charge in [-0.3, -0.25) is 4.79 Å². The molecule has 2 saturated heterocycles. The maximum Gasteiger partial charge on any atom is 0.263 e. The first-order chi connectivity index (χ1) is 16.7.